The second-order valence-corrected chi connectivity index (χ2v) is 9.21. The molecule has 0 aliphatic rings. The lowest BCUT2D eigenvalue weighted by Crippen LogP contribution is -2.11. The van der Waals surface area contributed by atoms with Gasteiger partial charge in [0.05, 0.1) is 19.0 Å². The third kappa shape index (κ3) is 3.42. The van der Waals surface area contributed by atoms with Crippen LogP contribution in [-0.4, -0.2) is 46.1 Å². The Morgan fingerprint density at radius 2 is 1.89 bits per heavy atom. The molecule has 0 aliphatic heterocycles. The van der Waals surface area contributed by atoms with Crippen molar-refractivity contribution in [1.29, 1.82) is 0 Å². The minimum Gasteiger partial charge on any atom is -0.617 e. The average Bonchev–Trinajstić information content (AvgIpc) is 3.25. The molecule has 3 aromatic heterocycles. The van der Waals surface area contributed by atoms with E-state index in [4.69, 9.17) is 4.98 Å². The largest absolute Gasteiger partial charge is 0.617 e. The van der Waals surface area contributed by atoms with Crippen molar-refractivity contribution < 1.29 is 4.55 Å². The third-order valence-electron chi connectivity index (χ3n) is 4.55. The maximum Gasteiger partial charge on any atom is 0.185 e. The molecule has 8 heteroatoms. The molecule has 0 bridgehead atoms. The van der Waals surface area contributed by atoms with Crippen LogP contribution in [0, 0.1) is 0 Å². The molecular weight excluding hydrogens is 360 g/mol. The number of rotatable bonds is 4. The van der Waals surface area contributed by atoms with Crippen molar-refractivity contribution in [1.82, 2.24) is 29.5 Å². The molecule has 0 aliphatic carbocycles. The van der Waals surface area contributed by atoms with E-state index in [0.29, 0.717) is 35.1 Å². The standard InChI is InChI=1S/C19H22N6OS/c1-19(2,3)13-7-5-12(6-8-13)16-23-18-15-17(21-11-20-15)22-14(25(18)24-16)9-10-27(4)26/h5-8,11H,9-10H2,1-4H3,(H,20,21). The zero-order chi connectivity index (χ0) is 19.2. The number of imidazole rings is 1. The van der Waals surface area contributed by atoms with Crippen molar-refractivity contribution in [2.45, 2.75) is 32.6 Å². The van der Waals surface area contributed by atoms with E-state index >= 15 is 0 Å². The van der Waals surface area contributed by atoms with Gasteiger partial charge in [0.1, 0.15) is 17.1 Å². The Kier molecular flexibility index (Phi) is 4.39. The quantitative estimate of drug-likeness (QED) is 0.548. The predicted octanol–water partition coefficient (Wildman–Crippen LogP) is 2.89. The zero-order valence-electron chi connectivity index (χ0n) is 15.9. The molecule has 4 rings (SSSR count). The minimum atomic E-state index is -0.903. The van der Waals surface area contributed by atoms with Crippen LogP contribution in [0.2, 0.25) is 0 Å². The van der Waals surface area contributed by atoms with Gasteiger partial charge in [0.15, 0.2) is 17.1 Å². The van der Waals surface area contributed by atoms with Crippen LogP contribution < -0.4 is 0 Å². The molecule has 1 unspecified atom stereocenters. The van der Waals surface area contributed by atoms with Crippen molar-refractivity contribution >= 4 is 28.0 Å². The van der Waals surface area contributed by atoms with Gasteiger partial charge < -0.3 is 9.54 Å². The number of aromatic nitrogens is 6. The third-order valence-corrected chi connectivity index (χ3v) is 5.33. The van der Waals surface area contributed by atoms with E-state index in [1.807, 2.05) is 12.1 Å². The first-order valence-corrected chi connectivity index (χ1v) is 10.6. The molecule has 1 N–H and O–H groups in total. The number of nitrogens with one attached hydrogen (secondary N) is 1. The zero-order valence-corrected chi connectivity index (χ0v) is 16.7. The van der Waals surface area contributed by atoms with Crippen LogP contribution >= 0.6 is 0 Å². The van der Waals surface area contributed by atoms with E-state index in [1.54, 1.807) is 17.1 Å². The molecular formula is C19H22N6OS. The summed E-state index contributed by atoms with van der Waals surface area (Å²) in [4.78, 5) is 16.6. The SMILES string of the molecule is C[S+]([O-])CCc1nc2nc[nH]c2c2nc(-c3ccc(C(C)(C)C)cc3)nn12. The number of hydrogen-bond acceptors (Lipinski definition) is 5. The average molecular weight is 382 g/mol. The van der Waals surface area contributed by atoms with Gasteiger partial charge in [-0.15, -0.1) is 5.10 Å². The number of fused-ring (bicyclic) bond motifs is 3. The topological polar surface area (TPSA) is 94.8 Å². The van der Waals surface area contributed by atoms with Crippen LogP contribution in [0.4, 0.5) is 0 Å². The summed E-state index contributed by atoms with van der Waals surface area (Å²) in [6, 6.07) is 8.33. The highest BCUT2D eigenvalue weighted by atomic mass is 32.2. The van der Waals surface area contributed by atoms with E-state index in [9.17, 15) is 4.55 Å². The Labute approximate surface area is 160 Å². The van der Waals surface area contributed by atoms with Gasteiger partial charge in [-0.1, -0.05) is 56.2 Å². The number of benzene rings is 1. The van der Waals surface area contributed by atoms with Crippen molar-refractivity contribution in [3.8, 4) is 11.4 Å². The minimum absolute atomic E-state index is 0.0971. The van der Waals surface area contributed by atoms with E-state index < -0.39 is 11.2 Å². The molecule has 0 spiro atoms. The van der Waals surface area contributed by atoms with Gasteiger partial charge in [-0.05, 0) is 11.0 Å². The van der Waals surface area contributed by atoms with Gasteiger partial charge in [-0.25, -0.2) is 15.0 Å². The first kappa shape index (κ1) is 17.9. The normalized spacial score (nSPS) is 13.5. The number of H-pyrrole nitrogens is 1. The van der Waals surface area contributed by atoms with E-state index in [1.165, 1.54) is 5.56 Å². The highest BCUT2D eigenvalue weighted by Crippen LogP contribution is 2.26. The highest BCUT2D eigenvalue weighted by molar-refractivity contribution is 7.90. The lowest BCUT2D eigenvalue weighted by molar-refractivity contribution is 0.590. The molecule has 3 heterocycles. The Hall–Kier alpha value is -2.45. The fraction of sp³-hybridized carbons (Fsp3) is 0.368. The van der Waals surface area contributed by atoms with Crippen molar-refractivity contribution in [3.63, 3.8) is 0 Å². The van der Waals surface area contributed by atoms with Crippen LogP contribution in [0.5, 0.6) is 0 Å². The summed E-state index contributed by atoms with van der Waals surface area (Å²) in [5, 5.41) is 4.68. The highest BCUT2D eigenvalue weighted by Gasteiger charge is 2.18. The summed E-state index contributed by atoms with van der Waals surface area (Å²) < 4.78 is 13.3. The van der Waals surface area contributed by atoms with Crippen LogP contribution in [0.1, 0.15) is 32.2 Å². The first-order valence-electron chi connectivity index (χ1n) is 8.82. The molecule has 0 radical (unpaired) electrons. The molecule has 1 atom stereocenters. The summed E-state index contributed by atoms with van der Waals surface area (Å²) in [5.74, 6) is 1.87. The molecule has 4 aromatic rings. The maximum absolute atomic E-state index is 11.5. The number of hydrogen-bond donors (Lipinski definition) is 1. The molecule has 7 nitrogen and oxygen atoms in total. The Morgan fingerprint density at radius 1 is 1.15 bits per heavy atom. The van der Waals surface area contributed by atoms with E-state index in [2.05, 4.69) is 53.0 Å². The van der Waals surface area contributed by atoms with E-state index in [0.717, 1.165) is 11.1 Å². The molecule has 0 amide bonds. The van der Waals surface area contributed by atoms with Gasteiger partial charge >= 0.3 is 0 Å². The molecule has 1 aromatic carbocycles. The Morgan fingerprint density at radius 3 is 2.56 bits per heavy atom. The molecule has 0 saturated heterocycles. The summed E-state index contributed by atoms with van der Waals surface area (Å²) in [6.07, 6.45) is 3.84. The fourth-order valence-electron chi connectivity index (χ4n) is 3.00. The van der Waals surface area contributed by atoms with Crippen LogP contribution in [-0.2, 0) is 23.0 Å². The fourth-order valence-corrected chi connectivity index (χ4v) is 3.47. The second-order valence-electron chi connectivity index (χ2n) is 7.65. The van der Waals surface area contributed by atoms with Crippen LogP contribution in [0.3, 0.4) is 0 Å². The summed E-state index contributed by atoms with van der Waals surface area (Å²) >= 11 is -0.903. The number of aromatic amines is 1. The lowest BCUT2D eigenvalue weighted by Gasteiger charge is -2.18. The van der Waals surface area contributed by atoms with Gasteiger partial charge in [0.25, 0.3) is 0 Å². The molecule has 0 saturated carbocycles. The van der Waals surface area contributed by atoms with Crippen LogP contribution in [0.15, 0.2) is 30.6 Å². The lowest BCUT2D eigenvalue weighted by atomic mass is 9.87. The molecule has 140 valence electrons. The van der Waals surface area contributed by atoms with Crippen molar-refractivity contribution in [3.05, 3.63) is 42.0 Å². The van der Waals surface area contributed by atoms with Gasteiger partial charge in [-0.2, -0.15) is 4.52 Å². The molecule has 0 fully saturated rings. The Bertz CT molecular complexity index is 1090. The number of aryl methyl sites for hydroxylation is 1. The maximum atomic E-state index is 11.5. The van der Waals surface area contributed by atoms with Crippen LogP contribution in [0.25, 0.3) is 28.2 Å². The van der Waals surface area contributed by atoms with Crippen molar-refractivity contribution in [2.75, 3.05) is 12.0 Å². The Balaban J connectivity index is 1.82. The number of nitrogens with zero attached hydrogens (tertiary/aromatic N) is 5. The summed E-state index contributed by atoms with van der Waals surface area (Å²) in [6.45, 7) is 6.57. The molecule has 27 heavy (non-hydrogen) atoms. The van der Waals surface area contributed by atoms with Gasteiger partial charge in [0.2, 0.25) is 0 Å². The first-order chi connectivity index (χ1) is 12.8. The summed E-state index contributed by atoms with van der Waals surface area (Å²) in [7, 11) is 0. The second kappa shape index (κ2) is 6.61. The van der Waals surface area contributed by atoms with Crippen molar-refractivity contribution in [2.24, 2.45) is 0 Å². The van der Waals surface area contributed by atoms with Gasteiger partial charge in [-0.3, -0.25) is 0 Å². The summed E-state index contributed by atoms with van der Waals surface area (Å²) in [5.41, 5.74) is 4.34. The smallest absolute Gasteiger partial charge is 0.185 e. The van der Waals surface area contributed by atoms with Gasteiger partial charge in [0, 0.05) is 5.56 Å². The predicted molar refractivity (Wildman–Crippen MR) is 107 cm³/mol. The van der Waals surface area contributed by atoms with E-state index in [-0.39, 0.29) is 5.41 Å². The monoisotopic (exact) mass is 382 g/mol.